The minimum Gasteiger partial charge on any atom is -0.349 e. The van der Waals surface area contributed by atoms with Crippen molar-refractivity contribution < 1.29 is 18.0 Å². The van der Waals surface area contributed by atoms with Gasteiger partial charge in [0.25, 0.3) is 5.91 Å². The number of anilines is 1. The molecule has 0 radical (unpaired) electrons. The molecule has 170 valence electrons. The molecule has 1 aliphatic heterocycles. The fourth-order valence-electron chi connectivity index (χ4n) is 3.77. The zero-order valence-electron chi connectivity index (χ0n) is 18.0. The van der Waals surface area contributed by atoms with E-state index in [-0.39, 0.29) is 18.2 Å². The third kappa shape index (κ3) is 5.75. The molecule has 0 aromatic heterocycles. The highest BCUT2D eigenvalue weighted by Crippen LogP contribution is 2.22. The maximum atomic E-state index is 12.7. The van der Waals surface area contributed by atoms with Crippen LogP contribution in [0.15, 0.2) is 53.4 Å². The summed E-state index contributed by atoms with van der Waals surface area (Å²) >= 11 is 0. The quantitative estimate of drug-likeness (QED) is 0.638. The zero-order chi connectivity index (χ0) is 22.6. The van der Waals surface area contributed by atoms with Crippen molar-refractivity contribution in [1.29, 1.82) is 0 Å². The van der Waals surface area contributed by atoms with Crippen molar-refractivity contribution in [1.82, 2.24) is 9.62 Å². The summed E-state index contributed by atoms with van der Waals surface area (Å²) in [6, 6.07) is 14.0. The van der Waals surface area contributed by atoms with E-state index in [0.29, 0.717) is 41.7 Å². The Morgan fingerprint density at radius 3 is 2.19 bits per heavy atom. The Hall–Kier alpha value is -2.71. The third-order valence-corrected chi connectivity index (χ3v) is 7.77. The third-order valence-electron chi connectivity index (χ3n) is 5.86. The van der Waals surface area contributed by atoms with Crippen molar-refractivity contribution in [2.75, 3.05) is 18.4 Å². The lowest BCUT2D eigenvalue weighted by Crippen LogP contribution is -2.35. The van der Waals surface area contributed by atoms with Gasteiger partial charge in [0, 0.05) is 36.8 Å². The number of piperidine rings is 1. The summed E-state index contributed by atoms with van der Waals surface area (Å²) in [4.78, 5) is 24.6. The predicted octanol–water partition coefficient (Wildman–Crippen LogP) is 3.32. The first-order valence-corrected chi connectivity index (χ1v) is 12.7. The van der Waals surface area contributed by atoms with E-state index in [4.69, 9.17) is 0 Å². The molecule has 0 spiro atoms. The van der Waals surface area contributed by atoms with Crippen LogP contribution in [0.1, 0.15) is 54.4 Å². The number of aryl methyl sites for hydroxylation is 1. The molecular formula is C24H29N3O4S. The Balaban J connectivity index is 1.27. The van der Waals surface area contributed by atoms with Crippen molar-refractivity contribution in [3.63, 3.8) is 0 Å². The van der Waals surface area contributed by atoms with Gasteiger partial charge >= 0.3 is 0 Å². The van der Waals surface area contributed by atoms with E-state index in [9.17, 15) is 18.0 Å². The van der Waals surface area contributed by atoms with Gasteiger partial charge in [-0.25, -0.2) is 8.42 Å². The van der Waals surface area contributed by atoms with E-state index in [1.807, 2.05) is 0 Å². The molecule has 1 saturated heterocycles. The molecule has 1 aliphatic carbocycles. The molecule has 2 aliphatic rings. The van der Waals surface area contributed by atoms with Crippen LogP contribution in [-0.4, -0.2) is 43.7 Å². The highest BCUT2D eigenvalue weighted by molar-refractivity contribution is 7.89. The number of amides is 2. The number of carbonyl (C=O) groups excluding carboxylic acids is 2. The van der Waals surface area contributed by atoms with Crippen LogP contribution in [0.4, 0.5) is 5.69 Å². The number of hydrogen-bond acceptors (Lipinski definition) is 4. The van der Waals surface area contributed by atoms with Crippen LogP contribution < -0.4 is 10.6 Å². The molecule has 0 bridgehead atoms. The van der Waals surface area contributed by atoms with Crippen LogP contribution >= 0.6 is 0 Å². The van der Waals surface area contributed by atoms with E-state index in [1.165, 1.54) is 0 Å². The van der Waals surface area contributed by atoms with Crippen LogP contribution in [0.3, 0.4) is 0 Å². The Morgan fingerprint density at radius 1 is 0.906 bits per heavy atom. The molecule has 7 nitrogen and oxygen atoms in total. The van der Waals surface area contributed by atoms with Gasteiger partial charge in [0.1, 0.15) is 0 Å². The average molecular weight is 456 g/mol. The van der Waals surface area contributed by atoms with Crippen molar-refractivity contribution in [3.8, 4) is 0 Å². The monoisotopic (exact) mass is 455 g/mol. The first-order chi connectivity index (χ1) is 15.4. The average Bonchev–Trinajstić information content (AvgIpc) is 3.63. The second-order valence-corrected chi connectivity index (χ2v) is 10.4. The number of nitrogens with one attached hydrogen (secondary N) is 2. The molecule has 0 atom stereocenters. The minimum absolute atomic E-state index is 0.0869. The first-order valence-electron chi connectivity index (χ1n) is 11.2. The number of rotatable bonds is 8. The van der Waals surface area contributed by atoms with Gasteiger partial charge in [-0.05, 0) is 74.1 Å². The van der Waals surface area contributed by atoms with Crippen molar-refractivity contribution in [2.45, 2.75) is 55.9 Å². The summed E-state index contributed by atoms with van der Waals surface area (Å²) in [7, 11) is -3.44. The largest absolute Gasteiger partial charge is 0.349 e. The minimum atomic E-state index is -3.44. The molecule has 2 aromatic carbocycles. The van der Waals surface area contributed by atoms with Crippen molar-refractivity contribution in [2.24, 2.45) is 0 Å². The standard InChI is InChI=1S/C24H29N3O4S/c28-23(25-20-9-7-19(8-10-20)24(29)26-21-11-12-21)15-6-18-4-13-22(14-5-18)32(30,31)27-16-2-1-3-17-27/h4-5,7-10,13-14,21H,1-3,6,11-12,15-17H2,(H,25,28)(H,26,29). The molecule has 8 heteroatoms. The summed E-state index contributed by atoms with van der Waals surface area (Å²) in [6.07, 6.45) is 5.76. The normalized spacial score (nSPS) is 17.0. The van der Waals surface area contributed by atoms with Gasteiger partial charge < -0.3 is 10.6 Å². The lowest BCUT2D eigenvalue weighted by molar-refractivity contribution is -0.116. The van der Waals surface area contributed by atoms with Gasteiger partial charge in [0.05, 0.1) is 4.90 Å². The second-order valence-electron chi connectivity index (χ2n) is 8.48. The Labute approximate surface area is 189 Å². The SMILES string of the molecule is O=C(CCc1ccc(S(=O)(=O)N2CCCCC2)cc1)Nc1ccc(C(=O)NC2CC2)cc1. The molecule has 1 saturated carbocycles. The Kier molecular flexibility index (Phi) is 6.91. The van der Waals surface area contributed by atoms with E-state index in [1.54, 1.807) is 52.8 Å². The molecule has 2 fully saturated rings. The fourth-order valence-corrected chi connectivity index (χ4v) is 5.28. The summed E-state index contributed by atoms with van der Waals surface area (Å²) < 4.78 is 27.0. The molecule has 2 aromatic rings. The number of benzene rings is 2. The molecule has 2 amide bonds. The maximum absolute atomic E-state index is 12.7. The summed E-state index contributed by atoms with van der Waals surface area (Å²) in [5.41, 5.74) is 2.13. The van der Waals surface area contributed by atoms with Crippen LogP contribution in [0, 0.1) is 0 Å². The highest BCUT2D eigenvalue weighted by Gasteiger charge is 2.26. The summed E-state index contributed by atoms with van der Waals surface area (Å²) in [5.74, 6) is -0.221. The van der Waals surface area contributed by atoms with Crippen molar-refractivity contribution >= 4 is 27.5 Å². The smallest absolute Gasteiger partial charge is 0.251 e. The lowest BCUT2D eigenvalue weighted by atomic mass is 10.1. The van der Waals surface area contributed by atoms with Gasteiger partial charge in [-0.2, -0.15) is 4.31 Å². The number of carbonyl (C=O) groups is 2. The predicted molar refractivity (Wildman–Crippen MR) is 123 cm³/mol. The number of sulfonamides is 1. The van der Waals surface area contributed by atoms with Crippen LogP contribution in [0.2, 0.25) is 0 Å². The van der Waals surface area contributed by atoms with E-state index in [0.717, 1.165) is 37.7 Å². The molecule has 1 heterocycles. The molecule has 32 heavy (non-hydrogen) atoms. The Bertz CT molecular complexity index is 1060. The van der Waals surface area contributed by atoms with Gasteiger partial charge in [-0.15, -0.1) is 0 Å². The van der Waals surface area contributed by atoms with Gasteiger partial charge in [-0.1, -0.05) is 18.6 Å². The molecular weight excluding hydrogens is 426 g/mol. The van der Waals surface area contributed by atoms with E-state index in [2.05, 4.69) is 10.6 Å². The van der Waals surface area contributed by atoms with Gasteiger partial charge in [0.2, 0.25) is 15.9 Å². The second kappa shape index (κ2) is 9.83. The maximum Gasteiger partial charge on any atom is 0.251 e. The number of hydrogen-bond donors (Lipinski definition) is 2. The summed E-state index contributed by atoms with van der Waals surface area (Å²) in [6.45, 7) is 1.16. The fraction of sp³-hybridized carbons (Fsp3) is 0.417. The van der Waals surface area contributed by atoms with Crippen LogP contribution in [0.5, 0.6) is 0 Å². The lowest BCUT2D eigenvalue weighted by Gasteiger charge is -2.25. The Morgan fingerprint density at radius 2 is 1.56 bits per heavy atom. The zero-order valence-corrected chi connectivity index (χ0v) is 18.9. The summed E-state index contributed by atoms with van der Waals surface area (Å²) in [5, 5.41) is 5.77. The first kappa shape index (κ1) is 22.5. The molecule has 4 rings (SSSR count). The van der Waals surface area contributed by atoms with Crippen molar-refractivity contribution in [3.05, 3.63) is 59.7 Å². The van der Waals surface area contributed by atoms with Crippen LogP contribution in [0.25, 0.3) is 0 Å². The molecule has 0 unspecified atom stereocenters. The number of nitrogens with zero attached hydrogens (tertiary/aromatic N) is 1. The van der Waals surface area contributed by atoms with Crippen LogP contribution in [-0.2, 0) is 21.2 Å². The highest BCUT2D eigenvalue weighted by atomic mass is 32.2. The molecule has 2 N–H and O–H groups in total. The van der Waals surface area contributed by atoms with Gasteiger partial charge in [0.15, 0.2) is 0 Å². The topological polar surface area (TPSA) is 95.6 Å². The van der Waals surface area contributed by atoms with E-state index < -0.39 is 10.0 Å². The van der Waals surface area contributed by atoms with E-state index >= 15 is 0 Å². The van der Waals surface area contributed by atoms with Gasteiger partial charge in [-0.3, -0.25) is 9.59 Å².